The van der Waals surface area contributed by atoms with Crippen molar-refractivity contribution in [2.45, 2.75) is 65.0 Å². The summed E-state index contributed by atoms with van der Waals surface area (Å²) in [5.41, 5.74) is 0. The molecule has 0 saturated heterocycles. The molecule has 1 rings (SSSR count). The lowest BCUT2D eigenvalue weighted by Crippen LogP contribution is -2.38. The number of nitrogens with one attached hydrogen (secondary N) is 1. The van der Waals surface area contributed by atoms with Crippen molar-refractivity contribution in [2.75, 3.05) is 19.6 Å². The third-order valence-electron chi connectivity index (χ3n) is 3.39. The van der Waals surface area contributed by atoms with Crippen LogP contribution in [-0.2, 0) is 0 Å². The summed E-state index contributed by atoms with van der Waals surface area (Å²) in [6.45, 7) is 10.5. The molecule has 1 aliphatic carbocycles. The normalized spacial score (nSPS) is 16.6. The molecule has 0 aromatic heterocycles. The molecule has 1 fully saturated rings. The van der Waals surface area contributed by atoms with Crippen molar-refractivity contribution < 1.29 is 0 Å². The van der Waals surface area contributed by atoms with E-state index < -0.39 is 0 Å². The minimum absolute atomic E-state index is 0.729. The summed E-state index contributed by atoms with van der Waals surface area (Å²) in [7, 11) is 0. The first-order valence-corrected chi connectivity index (χ1v) is 6.79. The SMILES string of the molecule is CCCN(CCNC(CC)CC)C1CC1. The molecule has 1 N–H and O–H groups in total. The molecule has 0 radical (unpaired) electrons. The summed E-state index contributed by atoms with van der Waals surface area (Å²) >= 11 is 0. The molecule has 0 aromatic carbocycles. The van der Waals surface area contributed by atoms with E-state index in [9.17, 15) is 0 Å². The fraction of sp³-hybridized carbons (Fsp3) is 1.00. The molecule has 0 spiro atoms. The summed E-state index contributed by atoms with van der Waals surface area (Å²) < 4.78 is 0. The van der Waals surface area contributed by atoms with Crippen LogP contribution in [0.2, 0.25) is 0 Å². The van der Waals surface area contributed by atoms with Gasteiger partial charge in [-0.1, -0.05) is 20.8 Å². The van der Waals surface area contributed by atoms with Crippen molar-refractivity contribution in [1.82, 2.24) is 10.2 Å². The Labute approximate surface area is 95.4 Å². The van der Waals surface area contributed by atoms with Crippen LogP contribution in [0, 0.1) is 0 Å². The summed E-state index contributed by atoms with van der Waals surface area (Å²) in [6, 6.07) is 1.65. The molecule has 0 atom stereocenters. The van der Waals surface area contributed by atoms with Crippen molar-refractivity contribution in [3.8, 4) is 0 Å². The first kappa shape index (κ1) is 13.0. The van der Waals surface area contributed by atoms with E-state index in [4.69, 9.17) is 0 Å². The van der Waals surface area contributed by atoms with Crippen LogP contribution in [-0.4, -0.2) is 36.6 Å². The standard InChI is InChI=1S/C13H28N2/c1-4-10-15(13-7-8-13)11-9-14-12(5-2)6-3/h12-14H,4-11H2,1-3H3. The van der Waals surface area contributed by atoms with E-state index in [1.807, 2.05) is 0 Å². The average molecular weight is 212 g/mol. The predicted octanol–water partition coefficient (Wildman–Crippen LogP) is 2.64. The van der Waals surface area contributed by atoms with Gasteiger partial charge in [-0.25, -0.2) is 0 Å². The highest BCUT2D eigenvalue weighted by atomic mass is 15.2. The van der Waals surface area contributed by atoms with Gasteiger partial charge in [-0.3, -0.25) is 4.90 Å². The first-order chi connectivity index (χ1) is 7.31. The molecular weight excluding hydrogens is 184 g/mol. The predicted molar refractivity (Wildman–Crippen MR) is 67.3 cm³/mol. The zero-order valence-corrected chi connectivity index (χ0v) is 10.8. The molecule has 0 aromatic rings. The Morgan fingerprint density at radius 2 is 1.80 bits per heavy atom. The van der Waals surface area contributed by atoms with Crippen LogP contribution < -0.4 is 5.32 Å². The van der Waals surface area contributed by atoms with E-state index in [0.29, 0.717) is 0 Å². The second-order valence-electron chi connectivity index (χ2n) is 4.73. The third-order valence-corrected chi connectivity index (χ3v) is 3.39. The van der Waals surface area contributed by atoms with Gasteiger partial charge in [-0.2, -0.15) is 0 Å². The average Bonchev–Trinajstić information content (AvgIpc) is 3.06. The van der Waals surface area contributed by atoms with Crippen molar-refractivity contribution in [3.05, 3.63) is 0 Å². The van der Waals surface area contributed by atoms with E-state index in [-0.39, 0.29) is 0 Å². The van der Waals surface area contributed by atoms with E-state index in [0.717, 1.165) is 12.1 Å². The quantitative estimate of drug-likeness (QED) is 0.632. The lowest BCUT2D eigenvalue weighted by atomic mass is 10.2. The van der Waals surface area contributed by atoms with Crippen LogP contribution in [0.3, 0.4) is 0 Å². The van der Waals surface area contributed by atoms with Crippen LogP contribution in [0.25, 0.3) is 0 Å². The van der Waals surface area contributed by atoms with Crippen LogP contribution in [0.5, 0.6) is 0 Å². The number of nitrogens with zero attached hydrogens (tertiary/aromatic N) is 1. The van der Waals surface area contributed by atoms with Crippen molar-refractivity contribution in [3.63, 3.8) is 0 Å². The molecule has 0 heterocycles. The van der Waals surface area contributed by atoms with Gasteiger partial charge in [-0.15, -0.1) is 0 Å². The van der Waals surface area contributed by atoms with Crippen LogP contribution in [0.4, 0.5) is 0 Å². The number of hydrogen-bond acceptors (Lipinski definition) is 2. The highest BCUT2D eigenvalue weighted by molar-refractivity contribution is 4.84. The largest absolute Gasteiger partial charge is 0.313 e. The van der Waals surface area contributed by atoms with Crippen molar-refractivity contribution in [2.24, 2.45) is 0 Å². The van der Waals surface area contributed by atoms with Gasteiger partial charge in [0.25, 0.3) is 0 Å². The maximum atomic E-state index is 3.65. The summed E-state index contributed by atoms with van der Waals surface area (Å²) in [4.78, 5) is 2.66. The highest BCUT2D eigenvalue weighted by Gasteiger charge is 2.27. The Balaban J connectivity index is 2.10. The molecule has 0 amide bonds. The van der Waals surface area contributed by atoms with Crippen molar-refractivity contribution in [1.29, 1.82) is 0 Å². The molecule has 2 heteroatoms. The van der Waals surface area contributed by atoms with Crippen LogP contribution in [0.1, 0.15) is 52.9 Å². The number of hydrogen-bond donors (Lipinski definition) is 1. The van der Waals surface area contributed by atoms with Gasteiger partial charge in [0.2, 0.25) is 0 Å². The second kappa shape index (κ2) is 7.24. The summed E-state index contributed by atoms with van der Waals surface area (Å²) in [5.74, 6) is 0. The van der Waals surface area contributed by atoms with Crippen LogP contribution >= 0.6 is 0 Å². The van der Waals surface area contributed by atoms with E-state index in [1.165, 1.54) is 51.7 Å². The van der Waals surface area contributed by atoms with E-state index >= 15 is 0 Å². The first-order valence-electron chi connectivity index (χ1n) is 6.79. The molecule has 90 valence electrons. The van der Waals surface area contributed by atoms with Crippen LogP contribution in [0.15, 0.2) is 0 Å². The molecule has 15 heavy (non-hydrogen) atoms. The Kier molecular flexibility index (Phi) is 6.26. The van der Waals surface area contributed by atoms with Gasteiger partial charge in [0.15, 0.2) is 0 Å². The molecule has 2 nitrogen and oxygen atoms in total. The van der Waals surface area contributed by atoms with Gasteiger partial charge in [0.1, 0.15) is 0 Å². The Morgan fingerprint density at radius 3 is 2.27 bits per heavy atom. The zero-order valence-electron chi connectivity index (χ0n) is 10.8. The lowest BCUT2D eigenvalue weighted by molar-refractivity contribution is 0.258. The topological polar surface area (TPSA) is 15.3 Å². The Hall–Kier alpha value is -0.0800. The monoisotopic (exact) mass is 212 g/mol. The second-order valence-corrected chi connectivity index (χ2v) is 4.73. The highest BCUT2D eigenvalue weighted by Crippen LogP contribution is 2.26. The lowest BCUT2D eigenvalue weighted by Gasteiger charge is -2.23. The minimum atomic E-state index is 0.729. The summed E-state index contributed by atoms with van der Waals surface area (Å²) in [6.07, 6.45) is 6.68. The molecule has 0 bridgehead atoms. The smallest absolute Gasteiger partial charge is 0.0110 e. The maximum absolute atomic E-state index is 3.65. The Bertz CT molecular complexity index is 151. The Morgan fingerprint density at radius 1 is 1.13 bits per heavy atom. The molecule has 1 aliphatic rings. The fourth-order valence-electron chi connectivity index (χ4n) is 2.19. The molecule has 0 aliphatic heterocycles. The van der Waals surface area contributed by atoms with Gasteiger partial charge < -0.3 is 5.32 Å². The zero-order chi connectivity index (χ0) is 11.1. The maximum Gasteiger partial charge on any atom is 0.0110 e. The summed E-state index contributed by atoms with van der Waals surface area (Å²) in [5, 5.41) is 3.65. The number of rotatable bonds is 9. The van der Waals surface area contributed by atoms with Crippen molar-refractivity contribution >= 4 is 0 Å². The van der Waals surface area contributed by atoms with Gasteiger partial charge in [0.05, 0.1) is 0 Å². The fourth-order valence-corrected chi connectivity index (χ4v) is 2.19. The van der Waals surface area contributed by atoms with E-state index in [1.54, 1.807) is 0 Å². The van der Waals surface area contributed by atoms with E-state index in [2.05, 4.69) is 31.0 Å². The van der Waals surface area contributed by atoms with Gasteiger partial charge in [-0.05, 0) is 38.6 Å². The third kappa shape index (κ3) is 4.98. The van der Waals surface area contributed by atoms with Gasteiger partial charge >= 0.3 is 0 Å². The van der Waals surface area contributed by atoms with Gasteiger partial charge in [0, 0.05) is 25.2 Å². The molecule has 1 saturated carbocycles. The minimum Gasteiger partial charge on any atom is -0.313 e. The molecular formula is C13H28N2. The molecule has 0 unspecified atom stereocenters.